The SMILES string of the molecule is COc1cc(C)cc(C(=O)OCc2ccc(C(=O)N[C@H]3CCCCCC[C@H]3C(=O)N3C(=O)[C@@H]4CCCCCC[C@@H]43)cc2)c1. The molecule has 3 aliphatic rings. The number of nitrogens with one attached hydrogen (secondary N) is 1. The molecule has 8 nitrogen and oxygen atoms in total. The van der Waals surface area contributed by atoms with Crippen molar-refractivity contribution in [1.82, 2.24) is 10.2 Å². The second kappa shape index (κ2) is 14.2. The van der Waals surface area contributed by atoms with Crippen LogP contribution in [0, 0.1) is 18.8 Å². The van der Waals surface area contributed by atoms with Crippen LogP contribution in [-0.4, -0.2) is 47.8 Å². The van der Waals surface area contributed by atoms with Crippen LogP contribution in [0.4, 0.5) is 0 Å². The lowest BCUT2D eigenvalue weighted by molar-refractivity contribution is -0.170. The zero-order chi connectivity index (χ0) is 30.3. The maximum atomic E-state index is 13.9. The number of aryl methyl sites for hydroxylation is 1. The number of amides is 3. The van der Waals surface area contributed by atoms with Crippen molar-refractivity contribution >= 4 is 23.7 Å². The van der Waals surface area contributed by atoms with Gasteiger partial charge in [0.25, 0.3) is 5.91 Å². The van der Waals surface area contributed by atoms with Crippen LogP contribution >= 0.6 is 0 Å². The molecule has 0 bridgehead atoms. The first-order valence-corrected chi connectivity index (χ1v) is 15.9. The van der Waals surface area contributed by atoms with E-state index in [-0.39, 0.29) is 42.3 Å². The standard InChI is InChI=1S/C35H44N2O6/c1-23-19-26(21-27(20-23)42-2)35(41)43-22-24-15-17-25(18-16-24)32(38)36-30-13-9-5-3-7-11-28(30)33(39)37-31-14-10-6-4-8-12-29(31)34(37)40/h15-21,28-31H,3-14,22H2,1-2H3,(H,36,38)/t28-,29-,30+,31+/m1/s1. The van der Waals surface area contributed by atoms with Crippen molar-refractivity contribution in [1.29, 1.82) is 0 Å². The van der Waals surface area contributed by atoms with Gasteiger partial charge in [0.2, 0.25) is 11.8 Å². The van der Waals surface area contributed by atoms with Crippen molar-refractivity contribution in [3.8, 4) is 5.75 Å². The number of β-lactam (4-membered cyclic amide) rings is 1. The highest BCUT2D eigenvalue weighted by Gasteiger charge is 2.51. The molecule has 2 saturated carbocycles. The Kier molecular flexibility index (Phi) is 10.2. The first kappa shape index (κ1) is 30.8. The predicted octanol–water partition coefficient (Wildman–Crippen LogP) is 6.14. The second-order valence-corrected chi connectivity index (χ2v) is 12.4. The summed E-state index contributed by atoms with van der Waals surface area (Å²) in [6, 6.07) is 11.9. The second-order valence-electron chi connectivity index (χ2n) is 12.4. The summed E-state index contributed by atoms with van der Waals surface area (Å²) in [5, 5.41) is 3.16. The van der Waals surface area contributed by atoms with E-state index in [2.05, 4.69) is 5.32 Å². The molecule has 3 fully saturated rings. The van der Waals surface area contributed by atoms with Gasteiger partial charge in [-0.05, 0) is 74.1 Å². The van der Waals surface area contributed by atoms with Crippen LogP contribution in [-0.2, 0) is 20.9 Å². The molecular weight excluding hydrogens is 544 g/mol. The van der Waals surface area contributed by atoms with E-state index in [0.717, 1.165) is 81.8 Å². The number of likely N-dealkylation sites (tertiary alicyclic amines) is 1. The van der Waals surface area contributed by atoms with Crippen molar-refractivity contribution < 1.29 is 28.7 Å². The number of nitrogens with zero attached hydrogens (tertiary/aromatic N) is 1. The van der Waals surface area contributed by atoms with E-state index in [9.17, 15) is 19.2 Å². The average molecular weight is 589 g/mol. The van der Waals surface area contributed by atoms with Gasteiger partial charge in [-0.15, -0.1) is 0 Å². The van der Waals surface area contributed by atoms with Crippen molar-refractivity contribution in [2.24, 2.45) is 11.8 Å². The lowest BCUT2D eigenvalue weighted by Crippen LogP contribution is -2.65. The molecule has 230 valence electrons. The highest BCUT2D eigenvalue weighted by Crippen LogP contribution is 2.39. The van der Waals surface area contributed by atoms with Crippen LogP contribution in [0.5, 0.6) is 5.75 Å². The number of fused-ring (bicyclic) bond motifs is 1. The highest BCUT2D eigenvalue weighted by molar-refractivity contribution is 6.03. The molecule has 1 heterocycles. The molecule has 0 radical (unpaired) electrons. The summed E-state index contributed by atoms with van der Waals surface area (Å²) in [6.45, 7) is 1.96. The number of imide groups is 1. The third-order valence-corrected chi connectivity index (χ3v) is 9.36. The van der Waals surface area contributed by atoms with Gasteiger partial charge in [-0.1, -0.05) is 63.5 Å². The third-order valence-electron chi connectivity index (χ3n) is 9.36. The molecule has 5 rings (SSSR count). The molecular formula is C35H44N2O6. The number of esters is 1. The van der Waals surface area contributed by atoms with E-state index in [1.807, 2.05) is 13.0 Å². The summed E-state index contributed by atoms with van der Waals surface area (Å²) in [4.78, 5) is 54.5. The number of methoxy groups -OCH3 is 1. The number of hydrogen-bond donors (Lipinski definition) is 1. The van der Waals surface area contributed by atoms with Gasteiger partial charge in [0.1, 0.15) is 12.4 Å². The number of hydrogen-bond acceptors (Lipinski definition) is 6. The number of rotatable bonds is 7. The van der Waals surface area contributed by atoms with Crippen LogP contribution in [0.1, 0.15) is 109 Å². The van der Waals surface area contributed by atoms with Gasteiger partial charge in [-0.25, -0.2) is 4.79 Å². The molecule has 1 N–H and O–H groups in total. The Hall–Kier alpha value is -3.68. The Bertz CT molecular complexity index is 1320. The smallest absolute Gasteiger partial charge is 0.338 e. The average Bonchev–Trinajstić information content (AvgIpc) is 2.98. The molecule has 1 saturated heterocycles. The summed E-state index contributed by atoms with van der Waals surface area (Å²) in [6.07, 6.45) is 11.6. The number of carbonyl (C=O) groups excluding carboxylic acids is 4. The molecule has 3 amide bonds. The van der Waals surface area contributed by atoms with E-state index in [1.165, 1.54) is 0 Å². The minimum absolute atomic E-state index is 0.0109. The minimum Gasteiger partial charge on any atom is -0.497 e. The molecule has 0 spiro atoms. The predicted molar refractivity (Wildman–Crippen MR) is 163 cm³/mol. The molecule has 1 aliphatic heterocycles. The lowest BCUT2D eigenvalue weighted by Gasteiger charge is -2.48. The van der Waals surface area contributed by atoms with E-state index >= 15 is 0 Å². The van der Waals surface area contributed by atoms with Gasteiger partial charge in [-0.3, -0.25) is 19.3 Å². The molecule has 4 atom stereocenters. The maximum Gasteiger partial charge on any atom is 0.338 e. The Balaban J connectivity index is 1.21. The summed E-state index contributed by atoms with van der Waals surface area (Å²) >= 11 is 0. The van der Waals surface area contributed by atoms with Crippen LogP contribution in [0.25, 0.3) is 0 Å². The van der Waals surface area contributed by atoms with Gasteiger partial charge in [-0.2, -0.15) is 0 Å². The van der Waals surface area contributed by atoms with Crippen molar-refractivity contribution in [2.75, 3.05) is 7.11 Å². The zero-order valence-corrected chi connectivity index (χ0v) is 25.4. The third kappa shape index (κ3) is 7.28. The van der Waals surface area contributed by atoms with E-state index in [1.54, 1.807) is 48.4 Å². The minimum atomic E-state index is -0.449. The van der Waals surface area contributed by atoms with Crippen LogP contribution in [0.3, 0.4) is 0 Å². The normalized spacial score (nSPS) is 24.2. The number of ether oxygens (including phenoxy) is 2. The summed E-state index contributed by atoms with van der Waals surface area (Å²) in [5.41, 5.74) is 2.55. The molecule has 8 heteroatoms. The van der Waals surface area contributed by atoms with Crippen LogP contribution in [0.15, 0.2) is 42.5 Å². The number of benzene rings is 2. The first-order chi connectivity index (χ1) is 20.9. The molecule has 43 heavy (non-hydrogen) atoms. The molecule has 2 aliphatic carbocycles. The summed E-state index contributed by atoms with van der Waals surface area (Å²) in [5.74, 6) is -0.602. The Labute approximate surface area is 254 Å². The topological polar surface area (TPSA) is 102 Å². The Morgan fingerprint density at radius 1 is 0.837 bits per heavy atom. The fraction of sp³-hybridized carbons (Fsp3) is 0.543. The quantitative estimate of drug-likeness (QED) is 0.237. The fourth-order valence-electron chi connectivity index (χ4n) is 6.95. The van der Waals surface area contributed by atoms with Crippen molar-refractivity contribution in [3.63, 3.8) is 0 Å². The molecule has 2 aromatic rings. The molecule has 2 aromatic carbocycles. The number of carbonyl (C=O) groups is 4. The van der Waals surface area contributed by atoms with E-state index in [0.29, 0.717) is 23.3 Å². The first-order valence-electron chi connectivity index (χ1n) is 15.9. The molecule has 0 unspecified atom stereocenters. The Morgan fingerprint density at radius 3 is 2.23 bits per heavy atom. The summed E-state index contributed by atoms with van der Waals surface area (Å²) < 4.78 is 10.7. The monoisotopic (exact) mass is 588 g/mol. The maximum absolute atomic E-state index is 13.9. The summed E-state index contributed by atoms with van der Waals surface area (Å²) in [7, 11) is 1.55. The highest BCUT2D eigenvalue weighted by atomic mass is 16.5. The van der Waals surface area contributed by atoms with Gasteiger partial charge >= 0.3 is 5.97 Å². The van der Waals surface area contributed by atoms with Crippen LogP contribution < -0.4 is 10.1 Å². The van der Waals surface area contributed by atoms with Gasteiger partial charge in [0.15, 0.2) is 0 Å². The Morgan fingerprint density at radius 2 is 1.51 bits per heavy atom. The van der Waals surface area contributed by atoms with Crippen LogP contribution in [0.2, 0.25) is 0 Å². The van der Waals surface area contributed by atoms with Crippen molar-refractivity contribution in [2.45, 2.75) is 103 Å². The van der Waals surface area contributed by atoms with Gasteiger partial charge in [0, 0.05) is 11.6 Å². The van der Waals surface area contributed by atoms with E-state index < -0.39 is 11.9 Å². The lowest BCUT2D eigenvalue weighted by atomic mass is 9.76. The van der Waals surface area contributed by atoms with Gasteiger partial charge in [0.05, 0.1) is 30.6 Å². The van der Waals surface area contributed by atoms with Crippen molar-refractivity contribution in [3.05, 3.63) is 64.7 Å². The van der Waals surface area contributed by atoms with E-state index in [4.69, 9.17) is 9.47 Å². The van der Waals surface area contributed by atoms with Gasteiger partial charge < -0.3 is 14.8 Å². The zero-order valence-electron chi connectivity index (χ0n) is 25.4. The molecule has 0 aromatic heterocycles. The largest absolute Gasteiger partial charge is 0.497 e. The fourth-order valence-corrected chi connectivity index (χ4v) is 6.95.